The molecule has 3 heteroatoms. The van der Waals surface area contributed by atoms with Gasteiger partial charge in [-0.2, -0.15) is 0 Å². The van der Waals surface area contributed by atoms with Gasteiger partial charge in [0.2, 0.25) is 0 Å². The fraction of sp³-hybridized carbons (Fsp3) is 0. The van der Waals surface area contributed by atoms with Crippen molar-refractivity contribution in [2.24, 2.45) is 0 Å². The summed E-state index contributed by atoms with van der Waals surface area (Å²) in [6.07, 6.45) is 1.66. The molecule has 0 aliphatic heterocycles. The van der Waals surface area contributed by atoms with Gasteiger partial charge in [0.1, 0.15) is 5.58 Å². The molecule has 1 aromatic heterocycles. The summed E-state index contributed by atoms with van der Waals surface area (Å²) in [6, 6.07) is 9.23. The van der Waals surface area contributed by atoms with E-state index in [2.05, 4.69) is 15.9 Å². The average molecular weight is 251 g/mol. The molecule has 0 unspecified atom stereocenters. The molecule has 0 atom stereocenters. The number of fused-ring (bicyclic) bond motifs is 1. The SMILES string of the molecule is O=c1oc2ccccc2cc1C=CBr. The van der Waals surface area contributed by atoms with E-state index in [0.29, 0.717) is 11.1 Å². The number of para-hydroxylation sites is 1. The first-order chi connectivity index (χ1) is 6.81. The number of rotatable bonds is 1. The molecule has 0 amide bonds. The largest absolute Gasteiger partial charge is 0.422 e. The highest BCUT2D eigenvalue weighted by molar-refractivity contribution is 9.11. The molecule has 14 heavy (non-hydrogen) atoms. The highest BCUT2D eigenvalue weighted by Gasteiger charge is 2.00. The second-order valence-corrected chi connectivity index (χ2v) is 3.35. The zero-order valence-corrected chi connectivity index (χ0v) is 8.82. The van der Waals surface area contributed by atoms with Crippen LogP contribution in [-0.4, -0.2) is 0 Å². The average Bonchev–Trinajstić information content (AvgIpc) is 2.19. The van der Waals surface area contributed by atoms with Crippen LogP contribution < -0.4 is 5.63 Å². The minimum Gasteiger partial charge on any atom is -0.422 e. The minimum absolute atomic E-state index is 0.320. The molecule has 0 saturated heterocycles. The summed E-state index contributed by atoms with van der Waals surface area (Å²) in [5.41, 5.74) is 0.837. The van der Waals surface area contributed by atoms with Crippen molar-refractivity contribution in [2.75, 3.05) is 0 Å². The monoisotopic (exact) mass is 250 g/mol. The van der Waals surface area contributed by atoms with Crippen LogP contribution in [0.25, 0.3) is 17.0 Å². The number of halogens is 1. The number of benzene rings is 1. The molecule has 1 aromatic carbocycles. The van der Waals surface area contributed by atoms with E-state index < -0.39 is 0 Å². The van der Waals surface area contributed by atoms with Crippen LogP contribution in [0.1, 0.15) is 5.56 Å². The predicted molar refractivity (Wildman–Crippen MR) is 60.4 cm³/mol. The first kappa shape index (κ1) is 9.21. The third-order valence-corrected chi connectivity index (χ3v) is 2.18. The maximum Gasteiger partial charge on any atom is 0.343 e. The van der Waals surface area contributed by atoms with Crippen molar-refractivity contribution in [3.05, 3.63) is 51.3 Å². The molecule has 2 rings (SSSR count). The molecule has 70 valence electrons. The van der Waals surface area contributed by atoms with Crippen molar-refractivity contribution >= 4 is 33.0 Å². The van der Waals surface area contributed by atoms with Crippen LogP contribution in [0.3, 0.4) is 0 Å². The van der Waals surface area contributed by atoms with E-state index in [1.165, 1.54) is 0 Å². The fourth-order valence-corrected chi connectivity index (χ4v) is 1.55. The van der Waals surface area contributed by atoms with E-state index in [-0.39, 0.29) is 5.63 Å². The van der Waals surface area contributed by atoms with Crippen molar-refractivity contribution in [3.63, 3.8) is 0 Å². The summed E-state index contributed by atoms with van der Waals surface area (Å²) < 4.78 is 5.12. The van der Waals surface area contributed by atoms with Gasteiger partial charge in [0.05, 0.1) is 5.56 Å². The molecule has 0 radical (unpaired) electrons. The number of hydrogen-bond donors (Lipinski definition) is 0. The van der Waals surface area contributed by atoms with Gasteiger partial charge in [0, 0.05) is 5.39 Å². The first-order valence-corrected chi connectivity index (χ1v) is 5.02. The van der Waals surface area contributed by atoms with Gasteiger partial charge in [-0.25, -0.2) is 4.79 Å². The fourth-order valence-electron chi connectivity index (χ4n) is 1.26. The van der Waals surface area contributed by atoms with Crippen LogP contribution >= 0.6 is 15.9 Å². The Bertz CT molecular complexity index is 540. The summed E-state index contributed by atoms with van der Waals surface area (Å²) in [4.78, 5) is 13.0. The standard InChI is InChI=1S/C11H7BrO2/c12-6-5-9-7-8-3-1-2-4-10(8)14-11(9)13/h1-7H. The lowest BCUT2D eigenvalue weighted by molar-refractivity contribution is 0.559. The first-order valence-electron chi connectivity index (χ1n) is 4.11. The van der Waals surface area contributed by atoms with E-state index >= 15 is 0 Å². The minimum atomic E-state index is -0.320. The van der Waals surface area contributed by atoms with Gasteiger partial charge in [-0.1, -0.05) is 34.1 Å². The summed E-state index contributed by atoms with van der Waals surface area (Å²) in [6.45, 7) is 0. The molecule has 0 spiro atoms. The topological polar surface area (TPSA) is 30.2 Å². The normalized spacial score (nSPS) is 11.2. The Morgan fingerprint density at radius 1 is 1.29 bits per heavy atom. The molecule has 0 N–H and O–H groups in total. The molecule has 0 aliphatic rings. The third-order valence-electron chi connectivity index (χ3n) is 1.91. The van der Waals surface area contributed by atoms with E-state index in [1.54, 1.807) is 23.2 Å². The second-order valence-electron chi connectivity index (χ2n) is 2.82. The molecular formula is C11H7BrO2. The van der Waals surface area contributed by atoms with Crippen LogP contribution in [0.5, 0.6) is 0 Å². The summed E-state index contributed by atoms with van der Waals surface area (Å²) >= 11 is 3.12. The zero-order valence-electron chi connectivity index (χ0n) is 7.24. The maximum absolute atomic E-state index is 11.4. The molecule has 1 heterocycles. The smallest absolute Gasteiger partial charge is 0.343 e. The zero-order chi connectivity index (χ0) is 9.97. The molecule has 0 bridgehead atoms. The Morgan fingerprint density at radius 3 is 2.86 bits per heavy atom. The van der Waals surface area contributed by atoms with Gasteiger partial charge in [-0.15, -0.1) is 0 Å². The molecule has 0 saturated carbocycles. The molecule has 2 aromatic rings. The Labute approximate surface area is 89.0 Å². The summed E-state index contributed by atoms with van der Waals surface area (Å²) in [5.74, 6) is 0. The van der Waals surface area contributed by atoms with Crippen LogP contribution in [0.2, 0.25) is 0 Å². The Balaban J connectivity index is 2.77. The summed E-state index contributed by atoms with van der Waals surface area (Å²) in [5, 5.41) is 0.924. The van der Waals surface area contributed by atoms with E-state index in [1.807, 2.05) is 18.2 Å². The lowest BCUT2D eigenvalue weighted by Gasteiger charge is -1.96. The van der Waals surface area contributed by atoms with Gasteiger partial charge in [0.25, 0.3) is 0 Å². The highest BCUT2D eigenvalue weighted by atomic mass is 79.9. The van der Waals surface area contributed by atoms with Gasteiger partial charge >= 0.3 is 5.63 Å². The second kappa shape index (κ2) is 3.80. The van der Waals surface area contributed by atoms with Gasteiger partial charge in [-0.3, -0.25) is 0 Å². The van der Waals surface area contributed by atoms with Crippen LogP contribution in [-0.2, 0) is 0 Å². The van der Waals surface area contributed by atoms with Gasteiger partial charge < -0.3 is 4.42 Å². The molecular weight excluding hydrogens is 244 g/mol. The van der Waals surface area contributed by atoms with E-state index in [0.717, 1.165) is 5.39 Å². The molecule has 2 nitrogen and oxygen atoms in total. The van der Waals surface area contributed by atoms with Crippen LogP contribution in [0.15, 0.2) is 44.5 Å². The maximum atomic E-state index is 11.4. The molecule has 0 aliphatic carbocycles. The summed E-state index contributed by atoms with van der Waals surface area (Å²) in [7, 11) is 0. The lowest BCUT2D eigenvalue weighted by atomic mass is 10.2. The highest BCUT2D eigenvalue weighted by Crippen LogP contribution is 2.13. The molecule has 0 fully saturated rings. The van der Waals surface area contributed by atoms with Crippen molar-refractivity contribution in [2.45, 2.75) is 0 Å². The van der Waals surface area contributed by atoms with Crippen molar-refractivity contribution in [1.82, 2.24) is 0 Å². The van der Waals surface area contributed by atoms with Crippen LogP contribution in [0, 0.1) is 0 Å². The van der Waals surface area contributed by atoms with Crippen LogP contribution in [0.4, 0.5) is 0 Å². The predicted octanol–water partition coefficient (Wildman–Crippen LogP) is 3.16. The van der Waals surface area contributed by atoms with Gasteiger partial charge in [0.15, 0.2) is 0 Å². The third kappa shape index (κ3) is 1.63. The van der Waals surface area contributed by atoms with Gasteiger partial charge in [-0.05, 0) is 23.2 Å². The van der Waals surface area contributed by atoms with E-state index in [9.17, 15) is 4.79 Å². The number of hydrogen-bond acceptors (Lipinski definition) is 2. The van der Waals surface area contributed by atoms with Crippen molar-refractivity contribution in [1.29, 1.82) is 0 Å². The lowest BCUT2D eigenvalue weighted by Crippen LogP contribution is -2.01. The Morgan fingerprint density at radius 2 is 2.07 bits per heavy atom. The quantitative estimate of drug-likeness (QED) is 0.728. The van der Waals surface area contributed by atoms with Crippen molar-refractivity contribution in [3.8, 4) is 0 Å². The van der Waals surface area contributed by atoms with E-state index in [4.69, 9.17) is 4.42 Å². The Hall–Kier alpha value is -1.35. The van der Waals surface area contributed by atoms with Crippen molar-refractivity contribution < 1.29 is 4.42 Å². The Kier molecular flexibility index (Phi) is 2.50.